The highest BCUT2D eigenvalue weighted by Crippen LogP contribution is 2.34. The average Bonchev–Trinajstić information content (AvgIpc) is 3.37. The first-order valence-electron chi connectivity index (χ1n) is 13.3. The standard InChI is InChI=1S/C31H32N6O/c38-31-25(8-5-17-34-31)19-32-18-22-12-14-23(15-13-22)20-37(21-29-35-26-9-1-2-10-27(26)36-29)28-11-3-6-24-7-4-16-33-30(24)28/h1-2,4-5,7-10,12-17,28,32H,3,6,11,18-21H2,(H,34,38)(H,35,36). The van der Waals surface area contributed by atoms with Gasteiger partial charge in [0.1, 0.15) is 5.82 Å². The van der Waals surface area contributed by atoms with Crippen LogP contribution in [-0.2, 0) is 32.6 Å². The maximum atomic E-state index is 11.9. The van der Waals surface area contributed by atoms with Gasteiger partial charge in [0, 0.05) is 37.6 Å². The van der Waals surface area contributed by atoms with Crippen molar-refractivity contribution >= 4 is 11.0 Å². The Morgan fingerprint density at radius 1 is 0.921 bits per heavy atom. The molecule has 0 saturated carbocycles. The van der Waals surface area contributed by atoms with Gasteiger partial charge in [0.2, 0.25) is 0 Å². The van der Waals surface area contributed by atoms with Gasteiger partial charge in [-0.1, -0.05) is 48.5 Å². The molecular formula is C31H32N6O. The average molecular weight is 505 g/mol. The maximum absolute atomic E-state index is 11.9. The van der Waals surface area contributed by atoms with Crippen LogP contribution in [0.3, 0.4) is 0 Å². The molecule has 1 aliphatic rings. The van der Waals surface area contributed by atoms with Gasteiger partial charge < -0.3 is 15.3 Å². The van der Waals surface area contributed by atoms with Crippen molar-refractivity contribution in [3.05, 3.63) is 129 Å². The number of nitrogens with one attached hydrogen (secondary N) is 3. The maximum Gasteiger partial charge on any atom is 0.252 e. The summed E-state index contributed by atoms with van der Waals surface area (Å²) in [6.07, 6.45) is 6.92. The van der Waals surface area contributed by atoms with E-state index in [-0.39, 0.29) is 11.6 Å². The zero-order valence-corrected chi connectivity index (χ0v) is 21.4. The molecular weight excluding hydrogens is 472 g/mol. The number of pyridine rings is 2. The molecule has 0 radical (unpaired) electrons. The molecule has 7 nitrogen and oxygen atoms in total. The van der Waals surface area contributed by atoms with Crippen LogP contribution in [0.4, 0.5) is 0 Å². The van der Waals surface area contributed by atoms with Crippen molar-refractivity contribution in [1.82, 2.24) is 30.2 Å². The molecule has 0 aliphatic heterocycles. The van der Waals surface area contributed by atoms with E-state index in [1.165, 1.54) is 22.4 Å². The van der Waals surface area contributed by atoms with Crippen molar-refractivity contribution in [3.8, 4) is 0 Å². The number of para-hydroxylation sites is 2. The minimum absolute atomic E-state index is 0.0429. The predicted octanol–water partition coefficient (Wildman–Crippen LogP) is 5.02. The van der Waals surface area contributed by atoms with Crippen molar-refractivity contribution in [1.29, 1.82) is 0 Å². The second kappa shape index (κ2) is 11.1. The number of rotatable bonds is 9. The molecule has 6 rings (SSSR count). The molecule has 5 aromatic rings. The molecule has 2 aromatic carbocycles. The van der Waals surface area contributed by atoms with Gasteiger partial charge in [0.25, 0.3) is 5.56 Å². The summed E-state index contributed by atoms with van der Waals surface area (Å²) < 4.78 is 0. The minimum atomic E-state index is -0.0429. The molecule has 38 heavy (non-hydrogen) atoms. The molecule has 0 fully saturated rings. The highest BCUT2D eigenvalue weighted by Gasteiger charge is 2.28. The molecule has 7 heteroatoms. The molecule has 1 unspecified atom stereocenters. The van der Waals surface area contributed by atoms with E-state index in [0.717, 1.165) is 54.8 Å². The van der Waals surface area contributed by atoms with Crippen LogP contribution in [0.15, 0.2) is 90.0 Å². The van der Waals surface area contributed by atoms with Gasteiger partial charge in [-0.15, -0.1) is 0 Å². The Morgan fingerprint density at radius 2 is 1.79 bits per heavy atom. The molecule has 3 N–H and O–H groups in total. The summed E-state index contributed by atoms with van der Waals surface area (Å²) >= 11 is 0. The Balaban J connectivity index is 1.19. The second-order valence-electron chi connectivity index (χ2n) is 10.0. The van der Waals surface area contributed by atoms with Gasteiger partial charge in [-0.25, -0.2) is 4.98 Å². The van der Waals surface area contributed by atoms with Crippen LogP contribution in [0.5, 0.6) is 0 Å². The fourth-order valence-corrected chi connectivity index (χ4v) is 5.42. The van der Waals surface area contributed by atoms with Crippen molar-refractivity contribution in [2.24, 2.45) is 0 Å². The fraction of sp³-hybridized carbons (Fsp3) is 0.258. The van der Waals surface area contributed by atoms with E-state index in [1.54, 1.807) is 6.20 Å². The Bertz CT molecular complexity index is 1540. The zero-order chi connectivity index (χ0) is 25.7. The number of hydrogen-bond acceptors (Lipinski definition) is 5. The van der Waals surface area contributed by atoms with Crippen LogP contribution in [0.1, 0.15) is 52.7 Å². The summed E-state index contributed by atoms with van der Waals surface area (Å²) in [5, 5.41) is 3.38. The summed E-state index contributed by atoms with van der Waals surface area (Å²) in [4.78, 5) is 30.3. The number of fused-ring (bicyclic) bond motifs is 2. The number of imidazole rings is 1. The SMILES string of the molecule is O=c1[nH]cccc1CNCc1ccc(CN(Cc2nc3ccccc3[nH]2)C2CCCc3cccnc32)cc1. The van der Waals surface area contributed by atoms with Crippen molar-refractivity contribution in [3.63, 3.8) is 0 Å². The van der Waals surface area contributed by atoms with E-state index >= 15 is 0 Å². The molecule has 0 spiro atoms. The quantitative estimate of drug-likeness (QED) is 0.262. The van der Waals surface area contributed by atoms with Crippen LogP contribution in [-0.4, -0.2) is 24.8 Å². The zero-order valence-electron chi connectivity index (χ0n) is 21.4. The van der Waals surface area contributed by atoms with E-state index < -0.39 is 0 Å². The Morgan fingerprint density at radius 3 is 2.66 bits per heavy atom. The lowest BCUT2D eigenvalue weighted by atomic mass is 9.90. The topological polar surface area (TPSA) is 89.7 Å². The summed E-state index contributed by atoms with van der Waals surface area (Å²) in [7, 11) is 0. The lowest BCUT2D eigenvalue weighted by Crippen LogP contribution is -2.31. The van der Waals surface area contributed by atoms with Gasteiger partial charge in [-0.2, -0.15) is 0 Å². The van der Waals surface area contributed by atoms with Crippen LogP contribution in [0.25, 0.3) is 11.0 Å². The first-order valence-corrected chi connectivity index (χ1v) is 13.3. The lowest BCUT2D eigenvalue weighted by molar-refractivity contribution is 0.153. The van der Waals surface area contributed by atoms with Gasteiger partial charge in [-0.05, 0) is 60.2 Å². The number of aromatic nitrogens is 4. The number of nitrogens with zero attached hydrogens (tertiary/aromatic N) is 3. The Labute approximate surface area is 222 Å². The van der Waals surface area contributed by atoms with E-state index in [1.807, 2.05) is 36.5 Å². The molecule has 1 atom stereocenters. The number of aromatic amines is 2. The first kappa shape index (κ1) is 24.3. The number of H-pyrrole nitrogens is 2. The third-order valence-electron chi connectivity index (χ3n) is 7.35. The Hall–Kier alpha value is -4.07. The largest absolute Gasteiger partial charge is 0.341 e. The van der Waals surface area contributed by atoms with Gasteiger partial charge in [-0.3, -0.25) is 14.7 Å². The minimum Gasteiger partial charge on any atom is -0.341 e. The van der Waals surface area contributed by atoms with Crippen LogP contribution in [0.2, 0.25) is 0 Å². The molecule has 3 aromatic heterocycles. The van der Waals surface area contributed by atoms with Crippen molar-refractivity contribution < 1.29 is 0 Å². The molecule has 3 heterocycles. The molecule has 0 amide bonds. The van der Waals surface area contributed by atoms with Crippen molar-refractivity contribution in [2.75, 3.05) is 0 Å². The molecule has 0 saturated heterocycles. The monoisotopic (exact) mass is 504 g/mol. The summed E-state index contributed by atoms with van der Waals surface area (Å²) in [6, 6.07) is 25.2. The fourth-order valence-electron chi connectivity index (χ4n) is 5.42. The summed E-state index contributed by atoms with van der Waals surface area (Å²) in [5.74, 6) is 0.978. The van der Waals surface area contributed by atoms with Crippen molar-refractivity contribution in [2.45, 2.75) is 51.5 Å². The molecule has 0 bridgehead atoms. The highest BCUT2D eigenvalue weighted by molar-refractivity contribution is 5.74. The van der Waals surface area contributed by atoms with Crippen LogP contribution >= 0.6 is 0 Å². The van der Waals surface area contributed by atoms with Gasteiger partial charge in [0.15, 0.2) is 0 Å². The Kier molecular flexibility index (Phi) is 7.11. The van der Waals surface area contributed by atoms with E-state index in [2.05, 4.69) is 62.6 Å². The second-order valence-corrected chi connectivity index (χ2v) is 10.0. The van der Waals surface area contributed by atoms with Gasteiger partial charge >= 0.3 is 0 Å². The third-order valence-corrected chi connectivity index (χ3v) is 7.35. The van der Waals surface area contributed by atoms with E-state index in [9.17, 15) is 4.79 Å². The first-order chi connectivity index (χ1) is 18.7. The van der Waals surface area contributed by atoms with E-state index in [4.69, 9.17) is 9.97 Å². The number of aryl methyl sites for hydroxylation is 1. The third kappa shape index (κ3) is 5.44. The molecule has 1 aliphatic carbocycles. The van der Waals surface area contributed by atoms with E-state index in [0.29, 0.717) is 13.1 Å². The van der Waals surface area contributed by atoms with Gasteiger partial charge in [0.05, 0.1) is 29.3 Å². The predicted molar refractivity (Wildman–Crippen MR) is 149 cm³/mol. The smallest absolute Gasteiger partial charge is 0.252 e. The highest BCUT2D eigenvalue weighted by atomic mass is 16.1. The van der Waals surface area contributed by atoms with Crippen LogP contribution in [0, 0.1) is 0 Å². The number of hydrogen-bond donors (Lipinski definition) is 3. The van der Waals surface area contributed by atoms with Crippen LogP contribution < -0.4 is 10.9 Å². The normalized spacial score (nSPS) is 15.1. The summed E-state index contributed by atoms with van der Waals surface area (Å²) in [6.45, 7) is 2.78. The number of benzene rings is 2. The molecule has 192 valence electrons. The summed E-state index contributed by atoms with van der Waals surface area (Å²) in [5.41, 5.74) is 7.77. The lowest BCUT2D eigenvalue weighted by Gasteiger charge is -2.34.